The normalized spacial score (nSPS) is 20.0. The highest BCUT2D eigenvalue weighted by Crippen LogP contribution is 2.49. The third-order valence-corrected chi connectivity index (χ3v) is 11.5. The minimum atomic E-state index is -3.59. The highest BCUT2D eigenvalue weighted by Gasteiger charge is 2.39. The Morgan fingerprint density at radius 3 is 1.31 bits per heavy atom. The van der Waals surface area contributed by atoms with E-state index >= 15 is 0 Å². The summed E-state index contributed by atoms with van der Waals surface area (Å²) in [5, 5.41) is 5.14. The lowest BCUT2D eigenvalue weighted by molar-refractivity contribution is -0.122. The Morgan fingerprint density at radius 1 is 0.694 bits per heavy atom. The average molecular weight is 549 g/mol. The molecule has 2 N–H and O–H groups in total. The Hall–Kier alpha value is -1.34. The van der Waals surface area contributed by atoms with Crippen LogP contribution in [0.5, 0.6) is 0 Å². The van der Waals surface area contributed by atoms with Crippen LogP contribution < -0.4 is 10.2 Å². The number of likely N-dealkylation sites (tertiary alicyclic amines) is 2. The molecule has 2 heterocycles. The van der Waals surface area contributed by atoms with Crippen LogP contribution in [0, 0.1) is 0 Å². The van der Waals surface area contributed by atoms with Crippen LogP contribution >= 0.6 is 15.0 Å². The summed E-state index contributed by atoms with van der Waals surface area (Å²) in [7, 11) is -7.19. The van der Waals surface area contributed by atoms with E-state index in [4.69, 9.17) is 9.05 Å². The van der Waals surface area contributed by atoms with Crippen LogP contribution in [-0.2, 0) is 27.8 Å². The predicted octanol–water partition coefficient (Wildman–Crippen LogP) is 4.68. The topological polar surface area (TPSA) is 117 Å². The van der Waals surface area contributed by atoms with Gasteiger partial charge in [-0.15, -0.1) is 0 Å². The molecule has 2 atom stereocenters. The maximum absolute atomic E-state index is 13.9. The molecule has 36 heavy (non-hydrogen) atoms. The molecule has 0 saturated carbocycles. The Kier molecular flexibility index (Phi) is 12.0. The zero-order chi connectivity index (χ0) is 26.9. The van der Waals surface area contributed by atoms with Gasteiger partial charge in [-0.05, 0) is 52.4 Å². The van der Waals surface area contributed by atoms with Crippen molar-refractivity contribution in [2.75, 3.05) is 39.4 Å². The summed E-state index contributed by atoms with van der Waals surface area (Å²) in [6.45, 7) is 13.4. The van der Waals surface area contributed by atoms with Gasteiger partial charge in [0.15, 0.2) is 0 Å². The summed E-state index contributed by atoms with van der Waals surface area (Å²) in [6, 6.07) is 0. The lowest BCUT2D eigenvalue weighted by Gasteiger charge is -2.41. The number of rotatable bonds is 12. The van der Waals surface area contributed by atoms with Gasteiger partial charge in [0.05, 0.1) is 13.2 Å². The fourth-order valence-corrected chi connectivity index (χ4v) is 7.23. The van der Waals surface area contributed by atoms with E-state index in [2.05, 4.69) is 20.0 Å². The van der Waals surface area contributed by atoms with Crippen LogP contribution in [0.4, 0.5) is 0 Å². The number of hydrogen-bond donors (Lipinski definition) is 2. The second-order valence-electron chi connectivity index (χ2n) is 9.89. The predicted molar refractivity (Wildman–Crippen MR) is 143 cm³/mol. The molecule has 12 heteroatoms. The van der Waals surface area contributed by atoms with Gasteiger partial charge in [-0.3, -0.25) is 28.9 Å². The smallest absolute Gasteiger partial charge is 0.298 e. The summed E-state index contributed by atoms with van der Waals surface area (Å²) < 4.78 is 38.0. The van der Waals surface area contributed by atoms with Crippen molar-refractivity contribution in [3.8, 4) is 0 Å². The lowest BCUT2D eigenvalue weighted by atomic mass is 10.1. The van der Waals surface area contributed by atoms with E-state index in [0.717, 1.165) is 38.5 Å². The Balaban J connectivity index is 2.65. The molecule has 0 bridgehead atoms. The van der Waals surface area contributed by atoms with Crippen LogP contribution in [-0.4, -0.2) is 72.3 Å². The molecule has 10 nitrogen and oxygen atoms in total. The largest absolute Gasteiger partial charge is 0.357 e. The standard InChI is InChI=1S/C24H46N4O6P2/c1-7-33-35(31,19(3)4)25-22(29)21(23(30)26-36(32,20(5)6)34-8-2)24(27-15-11-9-12-16-27)28-17-13-10-14-18-28/h19-20H,7-18H2,1-6H3,(H,25,29,31)(H,26,30,32). The third-order valence-electron chi connectivity index (χ3n) is 6.51. The molecule has 0 aliphatic carbocycles. The Labute approximate surface area is 216 Å². The highest BCUT2D eigenvalue weighted by molar-refractivity contribution is 7.58. The molecule has 2 aliphatic heterocycles. The first-order valence-corrected chi connectivity index (χ1v) is 16.8. The fraction of sp³-hybridized carbons (Fsp3) is 0.833. The van der Waals surface area contributed by atoms with Crippen molar-refractivity contribution in [2.45, 2.75) is 91.4 Å². The second-order valence-corrected chi connectivity index (χ2v) is 15.3. The molecule has 2 fully saturated rings. The molecular weight excluding hydrogens is 502 g/mol. The SMILES string of the molecule is CCOP(=O)(NC(=O)C(C(=O)NP(=O)(OCC)C(C)C)=C(N1CCCCC1)N1CCCCC1)C(C)C. The molecule has 2 rings (SSSR count). The first-order chi connectivity index (χ1) is 17.0. The average Bonchev–Trinajstić information content (AvgIpc) is 2.83. The maximum atomic E-state index is 13.9. The van der Waals surface area contributed by atoms with Crippen molar-refractivity contribution < 1.29 is 27.8 Å². The molecule has 0 aromatic carbocycles. The van der Waals surface area contributed by atoms with E-state index in [1.54, 1.807) is 41.5 Å². The van der Waals surface area contributed by atoms with Crippen molar-refractivity contribution in [1.82, 2.24) is 20.0 Å². The molecule has 0 spiro atoms. The molecule has 2 unspecified atom stereocenters. The minimum absolute atomic E-state index is 0.152. The van der Waals surface area contributed by atoms with Crippen LogP contribution in [0.1, 0.15) is 80.1 Å². The van der Waals surface area contributed by atoms with Crippen LogP contribution in [0.15, 0.2) is 11.4 Å². The first kappa shape index (κ1) is 30.9. The van der Waals surface area contributed by atoms with E-state index in [1.807, 2.05) is 0 Å². The molecule has 0 aromatic heterocycles. The number of carbonyl (C=O) groups excluding carboxylic acids is 2. The minimum Gasteiger partial charge on any atom is -0.357 e. The Morgan fingerprint density at radius 2 is 1.03 bits per heavy atom. The number of nitrogens with zero attached hydrogens (tertiary/aromatic N) is 2. The zero-order valence-corrected chi connectivity index (χ0v) is 24.7. The molecule has 2 saturated heterocycles. The van der Waals surface area contributed by atoms with Gasteiger partial charge in [0.25, 0.3) is 26.9 Å². The van der Waals surface area contributed by atoms with Gasteiger partial charge >= 0.3 is 0 Å². The van der Waals surface area contributed by atoms with Crippen molar-refractivity contribution in [3.63, 3.8) is 0 Å². The fourth-order valence-electron chi connectivity index (χ4n) is 4.43. The Bertz CT molecular complexity index is 812. The van der Waals surface area contributed by atoms with Crippen molar-refractivity contribution in [1.29, 1.82) is 0 Å². The van der Waals surface area contributed by atoms with Gasteiger partial charge in [-0.25, -0.2) is 0 Å². The summed E-state index contributed by atoms with van der Waals surface area (Å²) in [4.78, 5) is 31.9. The first-order valence-electron chi connectivity index (χ1n) is 13.4. The van der Waals surface area contributed by atoms with Gasteiger partial charge in [-0.1, -0.05) is 27.7 Å². The molecule has 2 aliphatic rings. The van der Waals surface area contributed by atoms with Crippen LogP contribution in [0.2, 0.25) is 0 Å². The molecule has 208 valence electrons. The second kappa shape index (κ2) is 14.0. The number of amides is 2. The van der Waals surface area contributed by atoms with Crippen molar-refractivity contribution >= 4 is 26.9 Å². The van der Waals surface area contributed by atoms with Gasteiger partial charge < -0.3 is 18.8 Å². The van der Waals surface area contributed by atoms with E-state index in [-0.39, 0.29) is 18.8 Å². The van der Waals surface area contributed by atoms with E-state index in [1.165, 1.54) is 0 Å². The molecule has 0 radical (unpaired) electrons. The van der Waals surface area contributed by atoms with Gasteiger partial charge in [0.2, 0.25) is 0 Å². The summed E-state index contributed by atoms with van der Waals surface area (Å²) in [6.07, 6.45) is 5.94. The van der Waals surface area contributed by atoms with E-state index in [0.29, 0.717) is 32.0 Å². The van der Waals surface area contributed by atoms with Crippen LogP contribution in [0.3, 0.4) is 0 Å². The number of hydrogen-bond acceptors (Lipinski definition) is 8. The van der Waals surface area contributed by atoms with Gasteiger partial charge in [0.1, 0.15) is 11.4 Å². The number of nitrogens with one attached hydrogen (secondary N) is 2. The summed E-state index contributed by atoms with van der Waals surface area (Å²) >= 11 is 0. The van der Waals surface area contributed by atoms with Gasteiger partial charge in [-0.2, -0.15) is 0 Å². The lowest BCUT2D eigenvalue weighted by Crippen LogP contribution is -2.46. The van der Waals surface area contributed by atoms with Gasteiger partial charge in [0, 0.05) is 37.5 Å². The molecular formula is C24H46N4O6P2. The number of carbonyl (C=O) groups is 2. The molecule has 0 aromatic rings. The van der Waals surface area contributed by atoms with Crippen LogP contribution in [0.25, 0.3) is 0 Å². The molecule has 2 amide bonds. The quantitative estimate of drug-likeness (QED) is 0.156. The van der Waals surface area contributed by atoms with Crippen molar-refractivity contribution in [3.05, 3.63) is 11.4 Å². The van der Waals surface area contributed by atoms with Crippen molar-refractivity contribution in [2.24, 2.45) is 0 Å². The highest BCUT2D eigenvalue weighted by atomic mass is 31.2. The monoisotopic (exact) mass is 548 g/mol. The van der Waals surface area contributed by atoms with E-state index < -0.39 is 38.2 Å². The number of piperidine rings is 2. The zero-order valence-electron chi connectivity index (χ0n) is 22.9. The van der Waals surface area contributed by atoms with E-state index in [9.17, 15) is 18.7 Å². The summed E-state index contributed by atoms with van der Waals surface area (Å²) in [5.41, 5.74) is -1.14. The maximum Gasteiger partial charge on any atom is 0.298 e. The third kappa shape index (κ3) is 7.83. The summed E-state index contributed by atoms with van der Waals surface area (Å²) in [5.74, 6) is -1.05.